The lowest BCUT2D eigenvalue weighted by atomic mass is 10.1. The van der Waals surface area contributed by atoms with E-state index in [-0.39, 0.29) is 17.1 Å². The van der Waals surface area contributed by atoms with E-state index >= 15 is 0 Å². The van der Waals surface area contributed by atoms with E-state index in [2.05, 4.69) is 10.3 Å². The van der Waals surface area contributed by atoms with Crippen molar-refractivity contribution in [2.24, 2.45) is 0 Å². The number of nitrogens with zero attached hydrogens (tertiary/aromatic N) is 2. The fourth-order valence-corrected chi connectivity index (χ4v) is 1.66. The standard InChI is InChI=1S/C13H12N4O3/c1-8-4-5-9(17(19)20)7-11(8)16-13(18)10-3-2-6-15-12(10)14/h2-7H,1H3,(H2,14,15)(H,16,18). The summed E-state index contributed by atoms with van der Waals surface area (Å²) in [6.07, 6.45) is 1.48. The highest BCUT2D eigenvalue weighted by Crippen LogP contribution is 2.22. The molecule has 102 valence electrons. The molecule has 0 aliphatic rings. The van der Waals surface area contributed by atoms with Crippen LogP contribution < -0.4 is 11.1 Å². The van der Waals surface area contributed by atoms with E-state index in [4.69, 9.17) is 5.73 Å². The molecule has 1 aromatic heterocycles. The first-order chi connectivity index (χ1) is 9.49. The van der Waals surface area contributed by atoms with Crippen LogP contribution in [0.5, 0.6) is 0 Å². The first-order valence-corrected chi connectivity index (χ1v) is 5.76. The molecule has 0 bridgehead atoms. The molecule has 0 unspecified atom stereocenters. The predicted octanol–water partition coefficient (Wildman–Crippen LogP) is 2.13. The summed E-state index contributed by atoms with van der Waals surface area (Å²) in [7, 11) is 0. The molecule has 0 atom stereocenters. The quantitative estimate of drug-likeness (QED) is 0.656. The van der Waals surface area contributed by atoms with Crippen LogP contribution in [0.15, 0.2) is 36.5 Å². The number of amides is 1. The molecule has 2 rings (SSSR count). The van der Waals surface area contributed by atoms with E-state index in [0.717, 1.165) is 0 Å². The summed E-state index contributed by atoms with van der Waals surface area (Å²) in [5, 5.41) is 13.3. The molecule has 2 aromatic rings. The van der Waals surface area contributed by atoms with Gasteiger partial charge in [-0.25, -0.2) is 4.98 Å². The Hall–Kier alpha value is -2.96. The van der Waals surface area contributed by atoms with Crippen LogP contribution in [0.25, 0.3) is 0 Å². The lowest BCUT2D eigenvalue weighted by Gasteiger charge is -2.09. The maximum absolute atomic E-state index is 12.1. The summed E-state index contributed by atoms with van der Waals surface area (Å²) >= 11 is 0. The van der Waals surface area contributed by atoms with Gasteiger partial charge in [-0.3, -0.25) is 14.9 Å². The molecule has 3 N–H and O–H groups in total. The van der Waals surface area contributed by atoms with Gasteiger partial charge in [0.25, 0.3) is 11.6 Å². The SMILES string of the molecule is Cc1ccc([N+](=O)[O-])cc1NC(=O)c1cccnc1N. The number of aromatic nitrogens is 1. The fraction of sp³-hybridized carbons (Fsp3) is 0.0769. The second-order valence-electron chi connectivity index (χ2n) is 4.15. The van der Waals surface area contributed by atoms with Gasteiger partial charge < -0.3 is 11.1 Å². The molecule has 0 radical (unpaired) electrons. The number of carbonyl (C=O) groups is 1. The smallest absolute Gasteiger partial charge is 0.271 e. The largest absolute Gasteiger partial charge is 0.383 e. The topological polar surface area (TPSA) is 111 Å². The summed E-state index contributed by atoms with van der Waals surface area (Å²) in [5.41, 5.74) is 6.82. The fourth-order valence-electron chi connectivity index (χ4n) is 1.66. The number of anilines is 2. The molecule has 1 amide bonds. The summed E-state index contributed by atoms with van der Waals surface area (Å²) < 4.78 is 0. The molecule has 0 aliphatic heterocycles. The van der Waals surface area contributed by atoms with E-state index in [1.54, 1.807) is 19.1 Å². The minimum absolute atomic E-state index is 0.0925. The Kier molecular flexibility index (Phi) is 3.60. The van der Waals surface area contributed by atoms with Crippen LogP contribution in [0.2, 0.25) is 0 Å². The third kappa shape index (κ3) is 2.72. The maximum atomic E-state index is 12.1. The minimum Gasteiger partial charge on any atom is -0.383 e. The Morgan fingerprint density at radius 1 is 1.40 bits per heavy atom. The molecule has 1 heterocycles. The van der Waals surface area contributed by atoms with Crippen LogP contribution in [-0.2, 0) is 0 Å². The molecule has 7 nitrogen and oxygen atoms in total. The van der Waals surface area contributed by atoms with Gasteiger partial charge in [0.2, 0.25) is 0 Å². The predicted molar refractivity (Wildman–Crippen MR) is 74.4 cm³/mol. The van der Waals surface area contributed by atoms with E-state index in [1.165, 1.54) is 24.4 Å². The van der Waals surface area contributed by atoms with E-state index in [9.17, 15) is 14.9 Å². The second-order valence-corrected chi connectivity index (χ2v) is 4.15. The van der Waals surface area contributed by atoms with E-state index in [0.29, 0.717) is 11.3 Å². The Morgan fingerprint density at radius 2 is 2.15 bits per heavy atom. The van der Waals surface area contributed by atoms with Gasteiger partial charge in [-0.05, 0) is 24.6 Å². The van der Waals surface area contributed by atoms with Crippen LogP contribution >= 0.6 is 0 Å². The van der Waals surface area contributed by atoms with Crippen molar-refractivity contribution in [2.75, 3.05) is 11.1 Å². The van der Waals surface area contributed by atoms with Crippen molar-refractivity contribution in [1.82, 2.24) is 4.98 Å². The van der Waals surface area contributed by atoms with Crippen molar-refractivity contribution >= 4 is 23.1 Å². The average Bonchev–Trinajstić information content (AvgIpc) is 2.41. The zero-order valence-electron chi connectivity index (χ0n) is 10.7. The molecule has 7 heteroatoms. The Morgan fingerprint density at radius 3 is 2.80 bits per heavy atom. The molecule has 0 fully saturated rings. The third-order valence-corrected chi connectivity index (χ3v) is 2.76. The van der Waals surface area contributed by atoms with Gasteiger partial charge in [-0.1, -0.05) is 6.07 Å². The molecular formula is C13H12N4O3. The van der Waals surface area contributed by atoms with Crippen molar-refractivity contribution in [2.45, 2.75) is 6.92 Å². The average molecular weight is 272 g/mol. The lowest BCUT2D eigenvalue weighted by molar-refractivity contribution is -0.384. The monoisotopic (exact) mass is 272 g/mol. The summed E-state index contributed by atoms with van der Waals surface area (Å²) in [5.74, 6) is -0.354. The van der Waals surface area contributed by atoms with Crippen LogP contribution in [0, 0.1) is 17.0 Å². The second kappa shape index (κ2) is 5.35. The number of benzene rings is 1. The number of hydrogen-bond donors (Lipinski definition) is 2. The number of non-ortho nitro benzene ring substituents is 1. The first kappa shape index (κ1) is 13.5. The molecule has 0 spiro atoms. The van der Waals surface area contributed by atoms with Crippen LogP contribution in [0.1, 0.15) is 15.9 Å². The van der Waals surface area contributed by atoms with Gasteiger partial charge >= 0.3 is 0 Å². The van der Waals surface area contributed by atoms with Gasteiger partial charge in [-0.2, -0.15) is 0 Å². The molecule has 20 heavy (non-hydrogen) atoms. The maximum Gasteiger partial charge on any atom is 0.271 e. The van der Waals surface area contributed by atoms with E-state index < -0.39 is 10.8 Å². The Labute approximate surface area is 114 Å². The molecule has 1 aromatic carbocycles. The third-order valence-electron chi connectivity index (χ3n) is 2.76. The molecule has 0 saturated carbocycles. The normalized spacial score (nSPS) is 10.1. The highest BCUT2D eigenvalue weighted by molar-refractivity contribution is 6.07. The number of aryl methyl sites for hydroxylation is 1. The lowest BCUT2D eigenvalue weighted by Crippen LogP contribution is -2.15. The van der Waals surface area contributed by atoms with Crippen molar-refractivity contribution < 1.29 is 9.72 Å². The van der Waals surface area contributed by atoms with Crippen LogP contribution in [0.3, 0.4) is 0 Å². The number of nitrogens with two attached hydrogens (primary N) is 1. The number of pyridine rings is 1. The number of rotatable bonds is 3. The number of nitrogen functional groups attached to an aromatic ring is 1. The van der Waals surface area contributed by atoms with Crippen molar-refractivity contribution in [3.63, 3.8) is 0 Å². The number of nitro groups is 1. The molecule has 0 aliphatic carbocycles. The van der Waals surface area contributed by atoms with Gasteiger partial charge in [0.15, 0.2) is 0 Å². The highest BCUT2D eigenvalue weighted by atomic mass is 16.6. The number of hydrogen-bond acceptors (Lipinski definition) is 5. The summed E-state index contributed by atoms with van der Waals surface area (Å²) in [6.45, 7) is 1.74. The molecular weight excluding hydrogens is 260 g/mol. The van der Waals surface area contributed by atoms with Crippen molar-refractivity contribution in [3.8, 4) is 0 Å². The van der Waals surface area contributed by atoms with Crippen molar-refractivity contribution in [1.29, 1.82) is 0 Å². The zero-order valence-corrected chi connectivity index (χ0v) is 10.7. The highest BCUT2D eigenvalue weighted by Gasteiger charge is 2.14. The van der Waals surface area contributed by atoms with Crippen LogP contribution in [-0.4, -0.2) is 15.8 Å². The zero-order chi connectivity index (χ0) is 14.7. The van der Waals surface area contributed by atoms with E-state index in [1.807, 2.05) is 0 Å². The van der Waals surface area contributed by atoms with Crippen molar-refractivity contribution in [3.05, 3.63) is 57.8 Å². The first-order valence-electron chi connectivity index (χ1n) is 5.76. The summed E-state index contributed by atoms with van der Waals surface area (Å²) in [6, 6.07) is 7.37. The van der Waals surface area contributed by atoms with Crippen LogP contribution in [0.4, 0.5) is 17.2 Å². The van der Waals surface area contributed by atoms with Gasteiger partial charge in [0.05, 0.1) is 16.2 Å². The number of nitro benzene ring substituents is 1. The van der Waals surface area contributed by atoms with Gasteiger partial charge in [-0.15, -0.1) is 0 Å². The molecule has 0 saturated heterocycles. The van der Waals surface area contributed by atoms with Gasteiger partial charge in [0, 0.05) is 18.3 Å². The van der Waals surface area contributed by atoms with Gasteiger partial charge in [0.1, 0.15) is 5.82 Å². The summed E-state index contributed by atoms with van der Waals surface area (Å²) in [4.78, 5) is 26.1. The number of carbonyl (C=O) groups excluding carboxylic acids is 1. The number of nitrogens with one attached hydrogen (secondary N) is 1. The minimum atomic E-state index is -0.520. The Bertz CT molecular complexity index is 685. The Balaban J connectivity index is 2.30.